The third-order valence-electron chi connectivity index (χ3n) is 4.38. The van der Waals surface area contributed by atoms with Crippen molar-refractivity contribution in [2.24, 2.45) is 4.99 Å². The van der Waals surface area contributed by atoms with E-state index in [-0.39, 0.29) is 12.5 Å². The molecule has 0 atom stereocenters. The van der Waals surface area contributed by atoms with E-state index in [1.54, 1.807) is 30.3 Å². The Kier molecular flexibility index (Phi) is 6.04. The lowest BCUT2D eigenvalue weighted by Crippen LogP contribution is -2.19. The van der Waals surface area contributed by atoms with Gasteiger partial charge in [-0.3, -0.25) is 4.79 Å². The van der Waals surface area contributed by atoms with E-state index in [1.165, 1.54) is 11.3 Å². The molecule has 1 aromatic heterocycles. The predicted octanol–water partition coefficient (Wildman–Crippen LogP) is 3.57. The fourth-order valence-corrected chi connectivity index (χ4v) is 4.15. The van der Waals surface area contributed by atoms with Crippen molar-refractivity contribution in [2.75, 3.05) is 26.4 Å². The van der Waals surface area contributed by atoms with Crippen LogP contribution in [0.25, 0.3) is 10.2 Å². The lowest BCUT2D eigenvalue weighted by Gasteiger charge is -2.18. The first kappa shape index (κ1) is 20.0. The summed E-state index contributed by atoms with van der Waals surface area (Å²) in [6.45, 7) is 7.74. The number of benzene rings is 2. The number of hydrogen-bond donors (Lipinski definition) is 0. The molecule has 0 aliphatic carbocycles. The molecular weight excluding hydrogens is 404 g/mol. The van der Waals surface area contributed by atoms with Gasteiger partial charge in [-0.05, 0) is 31.2 Å². The van der Waals surface area contributed by atoms with Crippen LogP contribution in [-0.4, -0.2) is 36.9 Å². The standard InChI is InChI=1S/C22H22N2O5S/c1-3-9-24-17-12-18-19(28-11-10-27-18)13-20(17)30-22(24)23-21(25)14-29-16-7-5-15(6-8-16)26-4-2/h3,5-8,12-13H,1,4,9-11,14H2,2H3. The van der Waals surface area contributed by atoms with Crippen molar-refractivity contribution in [2.45, 2.75) is 13.5 Å². The Labute approximate surface area is 177 Å². The zero-order valence-corrected chi connectivity index (χ0v) is 17.4. The van der Waals surface area contributed by atoms with Gasteiger partial charge in [0.25, 0.3) is 5.91 Å². The van der Waals surface area contributed by atoms with Crippen LogP contribution in [0.5, 0.6) is 23.0 Å². The largest absolute Gasteiger partial charge is 0.494 e. The van der Waals surface area contributed by atoms with Gasteiger partial charge in [0.15, 0.2) is 22.9 Å². The molecule has 1 amide bonds. The topological polar surface area (TPSA) is 71.3 Å². The van der Waals surface area contributed by atoms with Gasteiger partial charge in [0.2, 0.25) is 0 Å². The van der Waals surface area contributed by atoms with Gasteiger partial charge in [-0.2, -0.15) is 4.99 Å². The number of rotatable bonds is 7. The van der Waals surface area contributed by atoms with Crippen molar-refractivity contribution in [3.8, 4) is 23.0 Å². The van der Waals surface area contributed by atoms with Gasteiger partial charge >= 0.3 is 0 Å². The highest BCUT2D eigenvalue weighted by Crippen LogP contribution is 2.35. The molecule has 8 heteroatoms. The number of allylic oxidation sites excluding steroid dienone is 1. The van der Waals surface area contributed by atoms with Crippen molar-refractivity contribution in [1.29, 1.82) is 0 Å². The Bertz CT molecular complexity index is 1130. The van der Waals surface area contributed by atoms with Crippen LogP contribution in [0.2, 0.25) is 0 Å². The highest BCUT2D eigenvalue weighted by atomic mass is 32.1. The lowest BCUT2D eigenvalue weighted by molar-refractivity contribution is -0.120. The lowest BCUT2D eigenvalue weighted by atomic mass is 10.2. The predicted molar refractivity (Wildman–Crippen MR) is 115 cm³/mol. The molecule has 0 spiro atoms. The number of aromatic nitrogens is 1. The summed E-state index contributed by atoms with van der Waals surface area (Å²) in [4.78, 5) is 17.3. The SMILES string of the molecule is C=CCn1c(=NC(=O)COc2ccc(OCC)cc2)sc2cc3c(cc21)OCCO3. The van der Waals surface area contributed by atoms with Gasteiger partial charge in [-0.1, -0.05) is 17.4 Å². The first-order valence-corrected chi connectivity index (χ1v) is 10.5. The molecule has 3 aromatic rings. The van der Waals surface area contributed by atoms with E-state index in [4.69, 9.17) is 18.9 Å². The van der Waals surface area contributed by atoms with Gasteiger partial charge in [0.1, 0.15) is 24.7 Å². The number of fused-ring (bicyclic) bond motifs is 2. The first-order chi connectivity index (χ1) is 14.7. The van der Waals surface area contributed by atoms with Crippen molar-refractivity contribution in [1.82, 2.24) is 4.57 Å². The maximum atomic E-state index is 12.4. The fraction of sp³-hybridized carbons (Fsp3) is 0.273. The van der Waals surface area contributed by atoms with E-state index >= 15 is 0 Å². The smallest absolute Gasteiger partial charge is 0.286 e. The second-order valence-corrected chi connectivity index (χ2v) is 7.46. The number of thiazole rings is 1. The van der Waals surface area contributed by atoms with Crippen LogP contribution in [0, 0.1) is 0 Å². The second kappa shape index (κ2) is 9.04. The van der Waals surface area contributed by atoms with Gasteiger partial charge < -0.3 is 23.5 Å². The third-order valence-corrected chi connectivity index (χ3v) is 5.42. The molecule has 1 aliphatic heterocycles. The minimum Gasteiger partial charge on any atom is -0.494 e. The number of carbonyl (C=O) groups is 1. The maximum Gasteiger partial charge on any atom is 0.286 e. The summed E-state index contributed by atoms with van der Waals surface area (Å²) in [7, 11) is 0. The molecule has 4 rings (SSSR count). The average Bonchev–Trinajstić information content (AvgIpc) is 3.08. The van der Waals surface area contributed by atoms with Crippen molar-refractivity contribution < 1.29 is 23.7 Å². The summed E-state index contributed by atoms with van der Waals surface area (Å²) in [6.07, 6.45) is 1.77. The first-order valence-electron chi connectivity index (χ1n) is 9.65. The molecule has 0 fully saturated rings. The Morgan fingerprint density at radius 2 is 1.83 bits per heavy atom. The van der Waals surface area contributed by atoms with Gasteiger partial charge in [0, 0.05) is 18.7 Å². The van der Waals surface area contributed by atoms with Crippen LogP contribution in [0.15, 0.2) is 54.0 Å². The molecule has 2 heterocycles. The summed E-state index contributed by atoms with van der Waals surface area (Å²) >= 11 is 1.41. The molecule has 0 bridgehead atoms. The minimum absolute atomic E-state index is 0.154. The highest BCUT2D eigenvalue weighted by Gasteiger charge is 2.16. The van der Waals surface area contributed by atoms with Crippen LogP contribution in [0.3, 0.4) is 0 Å². The van der Waals surface area contributed by atoms with Crippen molar-refractivity contribution in [3.05, 3.63) is 53.9 Å². The van der Waals surface area contributed by atoms with E-state index in [9.17, 15) is 4.79 Å². The Hall–Kier alpha value is -3.26. The molecule has 0 radical (unpaired) electrons. The molecule has 2 aromatic carbocycles. The van der Waals surface area contributed by atoms with Crippen molar-refractivity contribution in [3.63, 3.8) is 0 Å². The van der Waals surface area contributed by atoms with Crippen LogP contribution in [0.4, 0.5) is 0 Å². The van der Waals surface area contributed by atoms with E-state index < -0.39 is 0 Å². The summed E-state index contributed by atoms with van der Waals surface area (Å²) < 4.78 is 25.2. The third kappa shape index (κ3) is 4.33. The normalized spacial score (nSPS) is 13.3. The fourth-order valence-electron chi connectivity index (χ4n) is 3.08. The van der Waals surface area contributed by atoms with E-state index in [1.807, 2.05) is 23.6 Å². The van der Waals surface area contributed by atoms with Crippen molar-refractivity contribution >= 4 is 27.5 Å². The van der Waals surface area contributed by atoms with E-state index in [0.29, 0.717) is 48.4 Å². The Morgan fingerprint density at radius 3 is 2.50 bits per heavy atom. The van der Waals surface area contributed by atoms with Gasteiger partial charge in [-0.15, -0.1) is 6.58 Å². The number of hydrogen-bond acceptors (Lipinski definition) is 6. The molecule has 0 unspecified atom stereocenters. The Morgan fingerprint density at radius 1 is 1.17 bits per heavy atom. The van der Waals surface area contributed by atoms with Gasteiger partial charge in [-0.25, -0.2) is 0 Å². The maximum absolute atomic E-state index is 12.4. The molecule has 0 N–H and O–H groups in total. The van der Waals surface area contributed by atoms with E-state index in [0.717, 1.165) is 16.0 Å². The zero-order valence-electron chi connectivity index (χ0n) is 16.6. The minimum atomic E-state index is -0.370. The number of nitrogens with zero attached hydrogens (tertiary/aromatic N) is 2. The monoisotopic (exact) mass is 426 g/mol. The highest BCUT2D eigenvalue weighted by molar-refractivity contribution is 7.16. The molecule has 0 saturated heterocycles. The van der Waals surface area contributed by atoms with E-state index in [2.05, 4.69) is 11.6 Å². The number of amides is 1. The molecule has 0 saturated carbocycles. The Balaban J connectivity index is 1.56. The zero-order chi connectivity index (χ0) is 20.9. The number of ether oxygens (including phenoxy) is 4. The van der Waals surface area contributed by atoms with Crippen LogP contribution < -0.4 is 23.7 Å². The summed E-state index contributed by atoms with van der Waals surface area (Å²) in [6, 6.07) is 11.0. The second-order valence-electron chi connectivity index (χ2n) is 6.45. The average molecular weight is 426 g/mol. The molecule has 156 valence electrons. The quantitative estimate of drug-likeness (QED) is 0.540. The number of carbonyl (C=O) groups excluding carboxylic acids is 1. The van der Waals surface area contributed by atoms with Crippen LogP contribution >= 0.6 is 11.3 Å². The molecular formula is C22H22N2O5S. The van der Waals surface area contributed by atoms with Crippen LogP contribution in [0.1, 0.15) is 6.92 Å². The van der Waals surface area contributed by atoms with Gasteiger partial charge in [0.05, 0.1) is 16.8 Å². The molecule has 7 nitrogen and oxygen atoms in total. The summed E-state index contributed by atoms with van der Waals surface area (Å²) in [5.41, 5.74) is 0.920. The summed E-state index contributed by atoms with van der Waals surface area (Å²) in [5.74, 6) is 2.37. The molecule has 30 heavy (non-hydrogen) atoms. The molecule has 1 aliphatic rings. The summed E-state index contributed by atoms with van der Waals surface area (Å²) in [5, 5.41) is 0. The van der Waals surface area contributed by atoms with Crippen LogP contribution in [-0.2, 0) is 11.3 Å².